The van der Waals surface area contributed by atoms with Crippen LogP contribution in [0.25, 0.3) is 11.3 Å². The van der Waals surface area contributed by atoms with Gasteiger partial charge in [-0.1, -0.05) is 6.92 Å². The van der Waals surface area contributed by atoms with Crippen molar-refractivity contribution in [1.82, 2.24) is 15.0 Å². The van der Waals surface area contributed by atoms with E-state index in [9.17, 15) is 9.00 Å². The molecule has 0 N–H and O–H groups in total. The standard InChI is InChI=1S/C13H13N3O3S/c1-3-20(18)12-5-4-9(6-15-12)10-7-14-8-11(16-10)13(17)19-2/h4-8H,3H2,1-2H3. The molecule has 7 heteroatoms. The van der Waals surface area contributed by atoms with Gasteiger partial charge in [-0.3, -0.25) is 9.19 Å². The molecule has 2 aromatic heterocycles. The molecule has 0 fully saturated rings. The number of ether oxygens (including phenoxy) is 1. The molecule has 104 valence electrons. The minimum absolute atomic E-state index is 0.131. The van der Waals surface area contributed by atoms with Crippen molar-refractivity contribution in [1.29, 1.82) is 0 Å². The maximum absolute atomic E-state index is 11.6. The van der Waals surface area contributed by atoms with Gasteiger partial charge in [0.15, 0.2) is 5.69 Å². The molecular weight excluding hydrogens is 278 g/mol. The molecule has 1 atom stereocenters. The number of hydrogen-bond donors (Lipinski definition) is 0. The number of pyridine rings is 1. The van der Waals surface area contributed by atoms with Crippen LogP contribution in [0.4, 0.5) is 0 Å². The van der Waals surface area contributed by atoms with E-state index < -0.39 is 16.8 Å². The van der Waals surface area contributed by atoms with E-state index in [1.807, 2.05) is 6.92 Å². The molecule has 0 aliphatic carbocycles. The summed E-state index contributed by atoms with van der Waals surface area (Å²) in [6.07, 6.45) is 4.43. The zero-order valence-corrected chi connectivity index (χ0v) is 11.9. The first-order valence-electron chi connectivity index (χ1n) is 5.91. The van der Waals surface area contributed by atoms with Gasteiger partial charge >= 0.3 is 5.97 Å². The number of carbonyl (C=O) groups excluding carboxylic acids is 1. The maximum Gasteiger partial charge on any atom is 0.358 e. The molecule has 1 unspecified atom stereocenters. The van der Waals surface area contributed by atoms with E-state index in [0.717, 1.165) is 0 Å². The van der Waals surface area contributed by atoms with Gasteiger partial charge in [0.1, 0.15) is 5.03 Å². The number of nitrogens with zero attached hydrogens (tertiary/aromatic N) is 3. The Morgan fingerprint density at radius 2 is 2.10 bits per heavy atom. The fourth-order valence-corrected chi connectivity index (χ4v) is 2.21. The van der Waals surface area contributed by atoms with E-state index in [-0.39, 0.29) is 5.69 Å². The van der Waals surface area contributed by atoms with Gasteiger partial charge in [-0.05, 0) is 12.1 Å². The highest BCUT2D eigenvalue weighted by Crippen LogP contribution is 2.16. The summed E-state index contributed by atoms with van der Waals surface area (Å²) in [6.45, 7) is 1.83. The highest BCUT2D eigenvalue weighted by molar-refractivity contribution is 7.84. The van der Waals surface area contributed by atoms with E-state index >= 15 is 0 Å². The van der Waals surface area contributed by atoms with Crippen molar-refractivity contribution in [2.75, 3.05) is 12.9 Å². The predicted octanol–water partition coefficient (Wildman–Crippen LogP) is 1.45. The van der Waals surface area contributed by atoms with Gasteiger partial charge in [-0.2, -0.15) is 0 Å². The first kappa shape index (κ1) is 14.3. The average molecular weight is 291 g/mol. The normalized spacial score (nSPS) is 11.9. The lowest BCUT2D eigenvalue weighted by Crippen LogP contribution is -2.05. The highest BCUT2D eigenvalue weighted by Gasteiger charge is 2.10. The van der Waals surface area contributed by atoms with Gasteiger partial charge in [-0.15, -0.1) is 0 Å². The van der Waals surface area contributed by atoms with Gasteiger partial charge in [0.2, 0.25) is 0 Å². The van der Waals surface area contributed by atoms with Crippen molar-refractivity contribution in [3.05, 3.63) is 36.4 Å². The summed E-state index contributed by atoms with van der Waals surface area (Å²) in [4.78, 5) is 23.6. The SMILES string of the molecule is CCS(=O)c1ccc(-c2cncc(C(=O)OC)n2)cn1. The van der Waals surface area contributed by atoms with Crippen LogP contribution in [0.2, 0.25) is 0 Å². The molecule has 0 saturated heterocycles. The molecule has 2 rings (SSSR count). The minimum atomic E-state index is -1.09. The van der Waals surface area contributed by atoms with E-state index in [1.165, 1.54) is 19.5 Å². The van der Waals surface area contributed by atoms with Crippen LogP contribution >= 0.6 is 0 Å². The van der Waals surface area contributed by atoms with Gasteiger partial charge in [-0.25, -0.2) is 14.8 Å². The first-order valence-corrected chi connectivity index (χ1v) is 7.22. The summed E-state index contributed by atoms with van der Waals surface area (Å²) in [6, 6.07) is 3.43. The number of methoxy groups -OCH3 is 1. The second kappa shape index (κ2) is 6.33. The van der Waals surface area contributed by atoms with Crippen LogP contribution in [0.3, 0.4) is 0 Å². The molecular formula is C13H13N3O3S. The number of carbonyl (C=O) groups is 1. The molecule has 20 heavy (non-hydrogen) atoms. The Hall–Kier alpha value is -2.15. The Bertz CT molecular complexity index is 644. The van der Waals surface area contributed by atoms with Crippen molar-refractivity contribution in [3.63, 3.8) is 0 Å². The van der Waals surface area contributed by atoms with Crippen LogP contribution < -0.4 is 0 Å². The molecule has 6 nitrogen and oxygen atoms in total. The monoisotopic (exact) mass is 291 g/mol. The fourth-order valence-electron chi connectivity index (χ4n) is 1.52. The molecule has 0 radical (unpaired) electrons. The predicted molar refractivity (Wildman–Crippen MR) is 73.6 cm³/mol. The summed E-state index contributed by atoms with van der Waals surface area (Å²) in [5.41, 5.74) is 1.33. The highest BCUT2D eigenvalue weighted by atomic mass is 32.2. The lowest BCUT2D eigenvalue weighted by Gasteiger charge is -2.03. The largest absolute Gasteiger partial charge is 0.464 e. The second-order valence-electron chi connectivity index (χ2n) is 3.80. The van der Waals surface area contributed by atoms with Crippen molar-refractivity contribution in [2.45, 2.75) is 11.9 Å². The number of rotatable bonds is 4. The van der Waals surface area contributed by atoms with Gasteiger partial charge in [0, 0.05) is 17.5 Å². The molecule has 2 aromatic rings. The Morgan fingerprint density at radius 1 is 1.30 bits per heavy atom. The molecule has 0 aliphatic rings. The summed E-state index contributed by atoms with van der Waals surface area (Å²) < 4.78 is 16.2. The Morgan fingerprint density at radius 3 is 2.70 bits per heavy atom. The Labute approximate surface area is 118 Å². The molecule has 0 aliphatic heterocycles. The van der Waals surface area contributed by atoms with Crippen LogP contribution in [0.5, 0.6) is 0 Å². The summed E-state index contributed by atoms with van der Waals surface area (Å²) in [5, 5.41) is 0.522. The lowest BCUT2D eigenvalue weighted by atomic mass is 10.2. The Kier molecular flexibility index (Phi) is 4.52. The van der Waals surface area contributed by atoms with Crippen LogP contribution in [0, 0.1) is 0 Å². The zero-order chi connectivity index (χ0) is 14.5. The summed E-state index contributed by atoms with van der Waals surface area (Å²) >= 11 is 0. The second-order valence-corrected chi connectivity index (χ2v) is 5.49. The minimum Gasteiger partial charge on any atom is -0.464 e. The van der Waals surface area contributed by atoms with Crippen LogP contribution in [-0.2, 0) is 15.5 Å². The third-order valence-electron chi connectivity index (χ3n) is 2.56. The molecule has 0 saturated carbocycles. The van der Waals surface area contributed by atoms with Crippen molar-refractivity contribution in [3.8, 4) is 11.3 Å². The average Bonchev–Trinajstić information content (AvgIpc) is 2.53. The molecule has 0 spiro atoms. The lowest BCUT2D eigenvalue weighted by molar-refractivity contribution is 0.0593. The van der Waals surface area contributed by atoms with Crippen molar-refractivity contribution < 1.29 is 13.7 Å². The van der Waals surface area contributed by atoms with E-state index in [4.69, 9.17) is 0 Å². The summed E-state index contributed by atoms with van der Waals surface area (Å²) in [7, 11) is 0.195. The number of esters is 1. The van der Waals surface area contributed by atoms with Gasteiger partial charge in [0.25, 0.3) is 0 Å². The first-order chi connectivity index (χ1) is 9.65. The molecule has 2 heterocycles. The van der Waals surface area contributed by atoms with Crippen LogP contribution in [-0.4, -0.2) is 38.0 Å². The van der Waals surface area contributed by atoms with E-state index in [1.54, 1.807) is 18.3 Å². The molecule has 0 amide bonds. The van der Waals surface area contributed by atoms with Gasteiger partial charge < -0.3 is 4.74 Å². The van der Waals surface area contributed by atoms with E-state index in [2.05, 4.69) is 19.7 Å². The molecule has 0 aromatic carbocycles. The van der Waals surface area contributed by atoms with Crippen molar-refractivity contribution >= 4 is 16.8 Å². The van der Waals surface area contributed by atoms with Gasteiger partial charge in [0.05, 0.1) is 36.0 Å². The van der Waals surface area contributed by atoms with Crippen LogP contribution in [0.1, 0.15) is 17.4 Å². The third-order valence-corrected chi connectivity index (χ3v) is 3.79. The number of hydrogen-bond acceptors (Lipinski definition) is 6. The quantitative estimate of drug-likeness (QED) is 0.793. The van der Waals surface area contributed by atoms with Crippen LogP contribution in [0.15, 0.2) is 35.7 Å². The topological polar surface area (TPSA) is 82.0 Å². The smallest absolute Gasteiger partial charge is 0.358 e. The fraction of sp³-hybridized carbons (Fsp3) is 0.231. The van der Waals surface area contributed by atoms with E-state index in [0.29, 0.717) is 22.0 Å². The summed E-state index contributed by atoms with van der Waals surface area (Å²) in [5.74, 6) is -0.0275. The maximum atomic E-state index is 11.6. The Balaban J connectivity index is 2.32. The third kappa shape index (κ3) is 3.05. The molecule has 0 bridgehead atoms. The zero-order valence-electron chi connectivity index (χ0n) is 11.1. The number of aromatic nitrogens is 3. The van der Waals surface area contributed by atoms with Crippen molar-refractivity contribution in [2.24, 2.45) is 0 Å².